The number of aliphatic carboxylic acids is 1. The van der Waals surface area contributed by atoms with Gasteiger partial charge in [0.1, 0.15) is 0 Å². The predicted octanol–water partition coefficient (Wildman–Crippen LogP) is 3.68. The van der Waals surface area contributed by atoms with Crippen molar-refractivity contribution in [2.75, 3.05) is 6.54 Å². The number of carboxylic acid groups (broad SMARTS) is 1. The Morgan fingerprint density at radius 1 is 0.839 bits per heavy atom. The number of Topliss-reactive ketones (excluding diaryl/α,β-unsaturated/α-hetero) is 2. The molecule has 8 heteroatoms. The molecule has 0 aromatic heterocycles. The van der Waals surface area contributed by atoms with Crippen molar-refractivity contribution >= 4 is 51.9 Å². The summed E-state index contributed by atoms with van der Waals surface area (Å²) in [6.45, 7) is 0.0760. The van der Waals surface area contributed by atoms with Gasteiger partial charge in [-0.1, -0.05) is 85.1 Å². The number of thiocarbonyl (C=S) groups is 2. The zero-order valence-electron chi connectivity index (χ0n) is 16.9. The van der Waals surface area contributed by atoms with Crippen molar-refractivity contribution in [3.8, 4) is 0 Å². The summed E-state index contributed by atoms with van der Waals surface area (Å²) in [5, 5.41) is 9.07. The first-order chi connectivity index (χ1) is 14.8. The van der Waals surface area contributed by atoms with E-state index in [0.717, 1.165) is 0 Å². The lowest BCUT2D eigenvalue weighted by Crippen LogP contribution is -2.48. The highest BCUT2D eigenvalue weighted by Gasteiger charge is 2.27. The molecule has 6 nitrogen and oxygen atoms in total. The Balaban J connectivity index is 2.22. The topological polar surface area (TPSA) is 101 Å². The number of hydrogen-bond acceptors (Lipinski definition) is 6. The standard InChI is InChI=1S/C23H24N2O4S2/c24-15-18(11-12-23(28)29)25(21(30)13-19(26)16-7-3-1-4-8-16)22(31)14-20(27)17-9-5-2-6-10-17/h1-10,18H,11-15,24H2,(H,28,29). The van der Waals surface area contributed by atoms with Crippen LogP contribution in [0.15, 0.2) is 60.7 Å². The number of carbonyl (C=O) groups excluding carboxylic acids is 2. The van der Waals surface area contributed by atoms with Gasteiger partial charge in [-0.25, -0.2) is 0 Å². The number of ketones is 2. The fourth-order valence-corrected chi connectivity index (χ4v) is 3.92. The van der Waals surface area contributed by atoms with Crippen molar-refractivity contribution in [2.45, 2.75) is 31.7 Å². The minimum Gasteiger partial charge on any atom is -0.481 e. The number of carbonyl (C=O) groups is 3. The fourth-order valence-electron chi connectivity index (χ4n) is 3.09. The smallest absolute Gasteiger partial charge is 0.303 e. The van der Waals surface area contributed by atoms with E-state index >= 15 is 0 Å². The van der Waals surface area contributed by atoms with Crippen LogP contribution in [0.5, 0.6) is 0 Å². The Labute approximate surface area is 192 Å². The maximum absolute atomic E-state index is 12.7. The molecule has 2 aromatic carbocycles. The van der Waals surface area contributed by atoms with Crippen LogP contribution in [0.1, 0.15) is 46.4 Å². The largest absolute Gasteiger partial charge is 0.481 e. The Morgan fingerprint density at radius 2 is 1.26 bits per heavy atom. The van der Waals surface area contributed by atoms with Gasteiger partial charge in [-0.15, -0.1) is 0 Å². The zero-order chi connectivity index (χ0) is 22.8. The molecular weight excluding hydrogens is 432 g/mol. The summed E-state index contributed by atoms with van der Waals surface area (Å²) in [4.78, 5) is 38.3. The first-order valence-electron chi connectivity index (χ1n) is 9.76. The molecule has 1 unspecified atom stereocenters. The number of benzene rings is 2. The SMILES string of the molecule is NCC(CCC(=O)O)N(C(=S)CC(=O)c1ccccc1)C(=S)CC(=O)c1ccccc1. The average molecular weight is 457 g/mol. The fraction of sp³-hybridized carbons (Fsp3) is 0.261. The van der Waals surface area contributed by atoms with Gasteiger partial charge in [0.05, 0.1) is 22.8 Å². The van der Waals surface area contributed by atoms with Gasteiger partial charge < -0.3 is 15.7 Å². The Morgan fingerprint density at radius 3 is 1.61 bits per heavy atom. The lowest BCUT2D eigenvalue weighted by Gasteiger charge is -2.33. The minimum absolute atomic E-state index is 0.0760. The van der Waals surface area contributed by atoms with Crippen LogP contribution in [0.4, 0.5) is 0 Å². The summed E-state index contributed by atoms with van der Waals surface area (Å²) in [5.41, 5.74) is 6.91. The van der Waals surface area contributed by atoms with E-state index in [1.165, 1.54) is 4.90 Å². The van der Waals surface area contributed by atoms with Crippen LogP contribution < -0.4 is 5.73 Å². The van der Waals surface area contributed by atoms with Crippen molar-refractivity contribution in [3.05, 3.63) is 71.8 Å². The predicted molar refractivity (Wildman–Crippen MR) is 128 cm³/mol. The van der Waals surface area contributed by atoms with E-state index in [0.29, 0.717) is 11.1 Å². The van der Waals surface area contributed by atoms with Gasteiger partial charge in [-0.3, -0.25) is 14.4 Å². The molecule has 0 saturated carbocycles. The van der Waals surface area contributed by atoms with Crippen molar-refractivity contribution in [1.29, 1.82) is 0 Å². The molecule has 31 heavy (non-hydrogen) atoms. The molecule has 0 amide bonds. The molecule has 162 valence electrons. The first kappa shape index (κ1) is 24.5. The molecule has 2 rings (SSSR count). The Hall–Kier alpha value is -2.81. The maximum Gasteiger partial charge on any atom is 0.303 e. The summed E-state index contributed by atoms with van der Waals surface area (Å²) in [7, 11) is 0. The van der Waals surface area contributed by atoms with Crippen LogP contribution in [-0.4, -0.2) is 50.1 Å². The quantitative estimate of drug-likeness (QED) is 0.390. The lowest BCUT2D eigenvalue weighted by atomic mass is 10.0. The van der Waals surface area contributed by atoms with Crippen LogP contribution >= 0.6 is 24.4 Å². The second kappa shape index (κ2) is 12.1. The van der Waals surface area contributed by atoms with Crippen molar-refractivity contribution in [1.82, 2.24) is 4.90 Å². The summed E-state index contributed by atoms with van der Waals surface area (Å²) in [6, 6.07) is 16.9. The summed E-state index contributed by atoms with van der Waals surface area (Å²) < 4.78 is 0. The van der Waals surface area contributed by atoms with Crippen LogP contribution in [0.2, 0.25) is 0 Å². The third-order valence-corrected chi connectivity index (χ3v) is 5.36. The first-order valence-corrected chi connectivity index (χ1v) is 10.6. The van der Waals surface area contributed by atoms with E-state index < -0.39 is 12.0 Å². The Kier molecular flexibility index (Phi) is 9.58. The highest BCUT2D eigenvalue weighted by Crippen LogP contribution is 2.17. The molecule has 0 heterocycles. The van der Waals surface area contributed by atoms with Crippen LogP contribution in [0, 0.1) is 0 Å². The monoisotopic (exact) mass is 456 g/mol. The van der Waals surface area contributed by atoms with Gasteiger partial charge in [0.25, 0.3) is 0 Å². The number of rotatable bonds is 11. The van der Waals surface area contributed by atoms with E-state index in [9.17, 15) is 14.4 Å². The molecule has 0 saturated heterocycles. The maximum atomic E-state index is 12.7. The number of nitrogens with two attached hydrogens (primary N) is 1. The van der Waals surface area contributed by atoms with Crippen LogP contribution in [0.25, 0.3) is 0 Å². The minimum atomic E-state index is -0.976. The number of carboxylic acids is 1. The average Bonchev–Trinajstić information content (AvgIpc) is 2.77. The number of hydrogen-bond donors (Lipinski definition) is 2. The molecule has 1 atom stereocenters. The van der Waals surface area contributed by atoms with Crippen LogP contribution in [-0.2, 0) is 4.79 Å². The van der Waals surface area contributed by atoms with Crippen LogP contribution in [0.3, 0.4) is 0 Å². The van der Waals surface area contributed by atoms with Gasteiger partial charge in [0.2, 0.25) is 0 Å². The van der Waals surface area contributed by atoms with Gasteiger partial charge in [-0.05, 0) is 6.42 Å². The molecule has 0 radical (unpaired) electrons. The zero-order valence-corrected chi connectivity index (χ0v) is 18.5. The van der Waals surface area contributed by atoms with Crippen molar-refractivity contribution < 1.29 is 19.5 Å². The summed E-state index contributed by atoms with van der Waals surface area (Å²) in [5.74, 6) is -1.36. The lowest BCUT2D eigenvalue weighted by molar-refractivity contribution is -0.137. The molecule has 0 aliphatic heterocycles. The molecule has 0 aliphatic rings. The van der Waals surface area contributed by atoms with E-state index in [-0.39, 0.29) is 53.8 Å². The van der Waals surface area contributed by atoms with E-state index in [1.807, 2.05) is 12.1 Å². The summed E-state index contributed by atoms with van der Waals surface area (Å²) in [6.07, 6.45) is -0.140. The highest BCUT2D eigenvalue weighted by molar-refractivity contribution is 7.82. The molecule has 2 aromatic rings. The third-order valence-electron chi connectivity index (χ3n) is 4.68. The molecule has 0 fully saturated rings. The van der Waals surface area contributed by atoms with Gasteiger partial charge in [-0.2, -0.15) is 0 Å². The third kappa shape index (κ3) is 7.43. The number of nitrogens with zero attached hydrogens (tertiary/aromatic N) is 1. The highest BCUT2D eigenvalue weighted by atomic mass is 32.1. The second-order valence-corrected chi connectivity index (χ2v) is 7.85. The van der Waals surface area contributed by atoms with E-state index in [2.05, 4.69) is 0 Å². The second-order valence-electron chi connectivity index (χ2n) is 6.91. The van der Waals surface area contributed by atoms with E-state index in [4.69, 9.17) is 35.3 Å². The molecule has 0 spiro atoms. The molecular formula is C23H24N2O4S2. The van der Waals surface area contributed by atoms with Gasteiger partial charge >= 0.3 is 5.97 Å². The summed E-state index contributed by atoms with van der Waals surface area (Å²) >= 11 is 11.0. The Bertz CT molecular complexity index is 883. The van der Waals surface area contributed by atoms with Gasteiger partial charge in [0.15, 0.2) is 11.6 Å². The molecule has 0 bridgehead atoms. The van der Waals surface area contributed by atoms with Crippen molar-refractivity contribution in [2.24, 2.45) is 5.73 Å². The van der Waals surface area contributed by atoms with E-state index in [1.54, 1.807) is 48.5 Å². The molecule has 3 N–H and O–H groups in total. The normalized spacial score (nSPS) is 11.4. The van der Waals surface area contributed by atoms with Gasteiger partial charge in [0, 0.05) is 30.1 Å². The molecule has 0 aliphatic carbocycles. The van der Waals surface area contributed by atoms with Crippen molar-refractivity contribution in [3.63, 3.8) is 0 Å².